The van der Waals surface area contributed by atoms with Gasteiger partial charge in [-0.1, -0.05) is 18.5 Å². The fourth-order valence-corrected chi connectivity index (χ4v) is 1.61. The zero-order valence-corrected chi connectivity index (χ0v) is 10.4. The van der Waals surface area contributed by atoms with Crippen molar-refractivity contribution in [2.24, 2.45) is 0 Å². The minimum absolute atomic E-state index is 0.612. The van der Waals surface area contributed by atoms with Gasteiger partial charge < -0.3 is 5.32 Å². The van der Waals surface area contributed by atoms with E-state index in [1.54, 1.807) is 23.4 Å². The topological polar surface area (TPSA) is 55.6 Å². The van der Waals surface area contributed by atoms with Gasteiger partial charge in [0, 0.05) is 12.4 Å². The van der Waals surface area contributed by atoms with E-state index in [4.69, 9.17) is 11.6 Å². The maximum atomic E-state index is 6.03. The Morgan fingerprint density at radius 1 is 1.47 bits per heavy atom. The Morgan fingerprint density at radius 3 is 3.12 bits per heavy atom. The molecule has 0 saturated carbocycles. The Labute approximate surface area is 105 Å². The predicted molar refractivity (Wildman–Crippen MR) is 65.8 cm³/mol. The molecule has 0 fully saturated rings. The second kappa shape index (κ2) is 5.75. The third-order valence-corrected chi connectivity index (χ3v) is 2.65. The van der Waals surface area contributed by atoms with Gasteiger partial charge in [-0.25, -0.2) is 9.67 Å². The Hall–Kier alpha value is -1.46. The third kappa shape index (κ3) is 3.25. The summed E-state index contributed by atoms with van der Waals surface area (Å²) in [5, 5.41) is 8.18. The van der Waals surface area contributed by atoms with E-state index >= 15 is 0 Å². The van der Waals surface area contributed by atoms with Crippen LogP contribution in [-0.2, 0) is 13.1 Å². The Bertz CT molecular complexity index is 482. The highest BCUT2D eigenvalue weighted by Crippen LogP contribution is 2.14. The van der Waals surface area contributed by atoms with Crippen LogP contribution in [0.3, 0.4) is 0 Å². The molecule has 0 bridgehead atoms. The summed E-state index contributed by atoms with van der Waals surface area (Å²) >= 11 is 6.03. The van der Waals surface area contributed by atoms with Gasteiger partial charge in [0.2, 0.25) is 0 Å². The Balaban J connectivity index is 2.04. The molecule has 6 heteroatoms. The molecule has 17 heavy (non-hydrogen) atoms. The van der Waals surface area contributed by atoms with Crippen LogP contribution >= 0.6 is 11.6 Å². The van der Waals surface area contributed by atoms with Crippen molar-refractivity contribution in [2.45, 2.75) is 20.0 Å². The van der Waals surface area contributed by atoms with Crippen molar-refractivity contribution < 1.29 is 0 Å². The van der Waals surface area contributed by atoms with Crippen molar-refractivity contribution in [1.29, 1.82) is 0 Å². The number of rotatable bonds is 5. The minimum atomic E-state index is 0.612. The molecule has 2 rings (SSSR count). The Kier molecular flexibility index (Phi) is 4.06. The highest BCUT2D eigenvalue weighted by Gasteiger charge is 2.03. The van der Waals surface area contributed by atoms with Crippen molar-refractivity contribution in [3.05, 3.63) is 41.2 Å². The van der Waals surface area contributed by atoms with Crippen molar-refractivity contribution in [1.82, 2.24) is 25.1 Å². The molecule has 0 aliphatic carbocycles. The van der Waals surface area contributed by atoms with Crippen LogP contribution in [0, 0.1) is 0 Å². The van der Waals surface area contributed by atoms with E-state index in [2.05, 4.69) is 20.4 Å². The quantitative estimate of drug-likeness (QED) is 0.875. The number of nitrogens with one attached hydrogen (secondary N) is 1. The van der Waals surface area contributed by atoms with Gasteiger partial charge >= 0.3 is 0 Å². The van der Waals surface area contributed by atoms with Gasteiger partial charge in [-0.15, -0.1) is 0 Å². The molecule has 1 N–H and O–H groups in total. The molecule has 0 aromatic carbocycles. The van der Waals surface area contributed by atoms with Crippen LogP contribution in [-0.4, -0.2) is 26.3 Å². The van der Waals surface area contributed by atoms with E-state index in [-0.39, 0.29) is 0 Å². The zero-order chi connectivity index (χ0) is 12.1. The maximum Gasteiger partial charge on any atom is 0.164 e. The lowest BCUT2D eigenvalue weighted by molar-refractivity contribution is 0.642. The largest absolute Gasteiger partial charge is 0.310 e. The van der Waals surface area contributed by atoms with Crippen LogP contribution in [0.15, 0.2) is 24.8 Å². The number of pyridine rings is 1. The number of aromatic nitrogens is 4. The average Bonchev–Trinajstić information content (AvgIpc) is 2.77. The van der Waals surface area contributed by atoms with Crippen LogP contribution in [0.1, 0.15) is 18.3 Å². The van der Waals surface area contributed by atoms with Gasteiger partial charge in [-0.2, -0.15) is 5.10 Å². The van der Waals surface area contributed by atoms with Crippen molar-refractivity contribution >= 4 is 11.6 Å². The smallest absolute Gasteiger partial charge is 0.164 e. The van der Waals surface area contributed by atoms with E-state index in [0.717, 1.165) is 17.9 Å². The molecule has 90 valence electrons. The lowest BCUT2D eigenvalue weighted by Gasteiger charge is -2.02. The Morgan fingerprint density at radius 2 is 2.35 bits per heavy atom. The first kappa shape index (κ1) is 12.0. The lowest BCUT2D eigenvalue weighted by Crippen LogP contribution is -2.13. The summed E-state index contributed by atoms with van der Waals surface area (Å²) in [5.74, 6) is 0.789. The van der Waals surface area contributed by atoms with Crippen LogP contribution in [0.5, 0.6) is 0 Å². The average molecular weight is 252 g/mol. The first-order chi connectivity index (χ1) is 8.29. The van der Waals surface area contributed by atoms with Crippen LogP contribution in [0.25, 0.3) is 0 Å². The number of hydrogen-bond donors (Lipinski definition) is 1. The zero-order valence-electron chi connectivity index (χ0n) is 9.60. The first-order valence-electron chi connectivity index (χ1n) is 5.47. The fourth-order valence-electron chi connectivity index (χ4n) is 1.43. The molecule has 2 aromatic rings. The molecule has 0 unspecified atom stereocenters. The predicted octanol–water partition coefficient (Wildman–Crippen LogP) is 1.48. The SMILES string of the molecule is CCNCc1ncn(Cc2ccncc2Cl)n1. The molecule has 5 nitrogen and oxygen atoms in total. The summed E-state index contributed by atoms with van der Waals surface area (Å²) in [6, 6.07) is 1.88. The van der Waals surface area contributed by atoms with Gasteiger partial charge in [0.1, 0.15) is 6.33 Å². The normalized spacial score (nSPS) is 10.7. The monoisotopic (exact) mass is 251 g/mol. The molecule has 0 saturated heterocycles. The van der Waals surface area contributed by atoms with Crippen molar-refractivity contribution in [2.75, 3.05) is 6.54 Å². The van der Waals surface area contributed by atoms with Gasteiger partial charge in [0.05, 0.1) is 18.1 Å². The lowest BCUT2D eigenvalue weighted by atomic mass is 10.3. The molecule has 0 spiro atoms. The summed E-state index contributed by atoms with van der Waals surface area (Å²) in [6.45, 7) is 4.26. The molecular formula is C11H14ClN5. The molecule has 2 aromatic heterocycles. The van der Waals surface area contributed by atoms with Gasteiger partial charge in [0.15, 0.2) is 5.82 Å². The van der Waals surface area contributed by atoms with E-state index in [1.165, 1.54) is 0 Å². The van der Waals surface area contributed by atoms with Gasteiger partial charge in [-0.05, 0) is 18.2 Å². The molecule has 2 heterocycles. The number of nitrogens with zero attached hydrogens (tertiary/aromatic N) is 4. The summed E-state index contributed by atoms with van der Waals surface area (Å²) in [7, 11) is 0. The standard InChI is InChI=1S/C11H14ClN5/c1-2-13-6-11-15-8-17(16-11)7-9-3-4-14-5-10(9)12/h3-5,8,13H,2,6-7H2,1H3. The number of hydrogen-bond acceptors (Lipinski definition) is 4. The molecule has 0 aliphatic heterocycles. The van der Waals surface area contributed by atoms with Crippen LogP contribution in [0.4, 0.5) is 0 Å². The minimum Gasteiger partial charge on any atom is -0.310 e. The van der Waals surface area contributed by atoms with E-state index in [0.29, 0.717) is 18.1 Å². The van der Waals surface area contributed by atoms with Gasteiger partial charge in [0.25, 0.3) is 0 Å². The van der Waals surface area contributed by atoms with E-state index in [1.807, 2.05) is 13.0 Å². The summed E-state index contributed by atoms with van der Waals surface area (Å²) in [6.07, 6.45) is 5.06. The number of halogens is 1. The highest BCUT2D eigenvalue weighted by atomic mass is 35.5. The molecule has 0 atom stereocenters. The summed E-state index contributed by atoms with van der Waals surface area (Å²) in [5.41, 5.74) is 0.988. The fraction of sp³-hybridized carbons (Fsp3) is 0.364. The molecule has 0 radical (unpaired) electrons. The summed E-state index contributed by atoms with van der Waals surface area (Å²) in [4.78, 5) is 8.16. The second-order valence-corrected chi connectivity index (χ2v) is 4.01. The summed E-state index contributed by atoms with van der Waals surface area (Å²) < 4.78 is 1.77. The van der Waals surface area contributed by atoms with Crippen molar-refractivity contribution in [3.63, 3.8) is 0 Å². The van der Waals surface area contributed by atoms with Crippen LogP contribution < -0.4 is 5.32 Å². The van der Waals surface area contributed by atoms with Gasteiger partial charge in [-0.3, -0.25) is 4.98 Å². The molecular weight excluding hydrogens is 238 g/mol. The third-order valence-electron chi connectivity index (χ3n) is 2.31. The molecule has 0 amide bonds. The van der Waals surface area contributed by atoms with Crippen molar-refractivity contribution in [3.8, 4) is 0 Å². The van der Waals surface area contributed by atoms with Crippen LogP contribution in [0.2, 0.25) is 5.02 Å². The molecule has 0 aliphatic rings. The maximum absolute atomic E-state index is 6.03. The van der Waals surface area contributed by atoms with E-state index in [9.17, 15) is 0 Å². The highest BCUT2D eigenvalue weighted by molar-refractivity contribution is 6.31. The second-order valence-electron chi connectivity index (χ2n) is 3.61. The first-order valence-corrected chi connectivity index (χ1v) is 5.85. The van der Waals surface area contributed by atoms with E-state index < -0.39 is 0 Å².